The molecule has 0 aliphatic rings. The third-order valence-corrected chi connectivity index (χ3v) is 4.85. The highest BCUT2D eigenvalue weighted by molar-refractivity contribution is 7.89. The Kier molecular flexibility index (Phi) is 4.76. The van der Waals surface area contributed by atoms with Gasteiger partial charge < -0.3 is 5.32 Å². The molecule has 0 spiro atoms. The van der Waals surface area contributed by atoms with Crippen LogP contribution < -0.4 is 5.32 Å². The summed E-state index contributed by atoms with van der Waals surface area (Å²) < 4.78 is 51.8. The van der Waals surface area contributed by atoms with E-state index in [2.05, 4.69) is 5.32 Å². The van der Waals surface area contributed by atoms with Gasteiger partial charge in [-0.1, -0.05) is 6.07 Å². The minimum Gasteiger partial charge on any atom is -0.322 e. The van der Waals surface area contributed by atoms with Gasteiger partial charge in [-0.05, 0) is 36.4 Å². The van der Waals surface area contributed by atoms with Crippen LogP contribution in [0.1, 0.15) is 10.4 Å². The zero-order chi connectivity index (χ0) is 17.2. The van der Waals surface area contributed by atoms with Gasteiger partial charge in [-0.15, -0.1) is 0 Å². The second kappa shape index (κ2) is 6.43. The molecule has 0 unspecified atom stereocenters. The number of hydrogen-bond acceptors (Lipinski definition) is 3. The van der Waals surface area contributed by atoms with Gasteiger partial charge in [0.2, 0.25) is 10.0 Å². The topological polar surface area (TPSA) is 66.5 Å². The van der Waals surface area contributed by atoms with Crippen LogP contribution in [0, 0.1) is 11.6 Å². The van der Waals surface area contributed by atoms with Gasteiger partial charge in [-0.2, -0.15) is 0 Å². The minimum atomic E-state index is -3.67. The van der Waals surface area contributed by atoms with E-state index in [-0.39, 0.29) is 10.6 Å². The first kappa shape index (κ1) is 17.0. The Morgan fingerprint density at radius 1 is 1.09 bits per heavy atom. The lowest BCUT2D eigenvalue weighted by Crippen LogP contribution is -2.22. The van der Waals surface area contributed by atoms with E-state index in [1.807, 2.05) is 0 Å². The quantitative estimate of drug-likeness (QED) is 0.930. The van der Waals surface area contributed by atoms with Crippen LogP contribution in [0.15, 0.2) is 47.4 Å². The molecule has 1 amide bonds. The number of benzene rings is 2. The molecule has 0 heterocycles. The van der Waals surface area contributed by atoms with E-state index < -0.39 is 33.1 Å². The third kappa shape index (κ3) is 3.72. The highest BCUT2D eigenvalue weighted by Gasteiger charge is 2.18. The summed E-state index contributed by atoms with van der Waals surface area (Å²) >= 11 is 0. The highest BCUT2D eigenvalue weighted by atomic mass is 32.2. The Morgan fingerprint density at radius 2 is 1.78 bits per heavy atom. The summed E-state index contributed by atoms with van der Waals surface area (Å²) in [5, 5.41) is 2.35. The maximum Gasteiger partial charge on any atom is 0.258 e. The van der Waals surface area contributed by atoms with Crippen LogP contribution in [-0.4, -0.2) is 32.7 Å². The fraction of sp³-hybridized carbons (Fsp3) is 0.133. The first-order valence-corrected chi connectivity index (χ1v) is 7.95. The highest BCUT2D eigenvalue weighted by Crippen LogP contribution is 2.19. The number of nitrogens with one attached hydrogen (secondary N) is 1. The Labute approximate surface area is 132 Å². The van der Waals surface area contributed by atoms with Crippen molar-refractivity contribution in [2.45, 2.75) is 4.90 Å². The molecule has 0 saturated carbocycles. The molecule has 0 bridgehead atoms. The summed E-state index contributed by atoms with van der Waals surface area (Å²) in [5.41, 5.74) is -0.313. The molecular formula is C15H14F2N2O3S. The van der Waals surface area contributed by atoms with Crippen LogP contribution in [0.4, 0.5) is 14.5 Å². The number of halogens is 2. The van der Waals surface area contributed by atoms with Crippen LogP contribution in [0.2, 0.25) is 0 Å². The maximum atomic E-state index is 13.6. The van der Waals surface area contributed by atoms with E-state index in [1.54, 1.807) is 0 Å². The zero-order valence-electron chi connectivity index (χ0n) is 12.4. The van der Waals surface area contributed by atoms with Crippen molar-refractivity contribution in [2.24, 2.45) is 0 Å². The molecule has 0 aliphatic carbocycles. The van der Waals surface area contributed by atoms with Crippen molar-refractivity contribution < 1.29 is 22.0 Å². The predicted molar refractivity (Wildman–Crippen MR) is 81.6 cm³/mol. The molecule has 122 valence electrons. The summed E-state index contributed by atoms with van der Waals surface area (Å²) in [6, 6.07) is 8.01. The van der Waals surface area contributed by atoms with Crippen LogP contribution in [0.3, 0.4) is 0 Å². The Balaban J connectivity index is 2.31. The molecule has 0 aromatic heterocycles. The van der Waals surface area contributed by atoms with Crippen molar-refractivity contribution >= 4 is 21.6 Å². The lowest BCUT2D eigenvalue weighted by molar-refractivity contribution is 0.102. The molecule has 0 atom stereocenters. The van der Waals surface area contributed by atoms with Crippen molar-refractivity contribution in [2.75, 3.05) is 19.4 Å². The van der Waals surface area contributed by atoms with Crippen molar-refractivity contribution in [1.29, 1.82) is 0 Å². The molecule has 0 aliphatic heterocycles. The standard InChI is InChI=1S/C15H14F2N2O3S/c1-19(2)23(21,22)12-5-3-4-11(9-12)18-15(20)13-8-10(16)6-7-14(13)17/h3-9H,1-2H3,(H,18,20). The number of anilines is 1. The third-order valence-electron chi connectivity index (χ3n) is 3.04. The normalized spacial score (nSPS) is 11.5. The lowest BCUT2D eigenvalue weighted by atomic mass is 10.2. The SMILES string of the molecule is CN(C)S(=O)(=O)c1cccc(NC(=O)c2cc(F)ccc2F)c1. The fourth-order valence-corrected chi connectivity index (χ4v) is 2.76. The van der Waals surface area contributed by atoms with Crippen LogP contribution in [0.5, 0.6) is 0 Å². The van der Waals surface area contributed by atoms with Gasteiger partial charge in [-0.25, -0.2) is 21.5 Å². The molecule has 5 nitrogen and oxygen atoms in total. The first-order valence-electron chi connectivity index (χ1n) is 6.51. The van der Waals surface area contributed by atoms with Gasteiger partial charge in [0, 0.05) is 19.8 Å². The number of carbonyl (C=O) groups is 1. The number of rotatable bonds is 4. The van der Waals surface area contributed by atoms with E-state index >= 15 is 0 Å². The molecule has 8 heteroatoms. The van der Waals surface area contributed by atoms with E-state index in [0.29, 0.717) is 0 Å². The molecule has 0 saturated heterocycles. The average Bonchev–Trinajstić information content (AvgIpc) is 2.49. The van der Waals surface area contributed by atoms with Gasteiger partial charge in [0.05, 0.1) is 10.5 Å². The van der Waals surface area contributed by atoms with E-state index in [1.165, 1.54) is 38.4 Å². The molecule has 0 fully saturated rings. The molecule has 1 N–H and O–H groups in total. The largest absolute Gasteiger partial charge is 0.322 e. The summed E-state index contributed by atoms with van der Waals surface area (Å²) in [6.45, 7) is 0. The van der Waals surface area contributed by atoms with Crippen molar-refractivity contribution in [3.8, 4) is 0 Å². The summed E-state index contributed by atoms with van der Waals surface area (Å²) in [5.74, 6) is -2.50. The molecule has 2 aromatic carbocycles. The van der Waals surface area contributed by atoms with Gasteiger partial charge in [-0.3, -0.25) is 4.79 Å². The summed E-state index contributed by atoms with van der Waals surface area (Å²) in [6.07, 6.45) is 0. The number of nitrogens with zero attached hydrogens (tertiary/aromatic N) is 1. The molecule has 2 rings (SSSR count). The monoisotopic (exact) mass is 340 g/mol. The molecule has 23 heavy (non-hydrogen) atoms. The van der Waals surface area contributed by atoms with Gasteiger partial charge in [0.15, 0.2) is 0 Å². The van der Waals surface area contributed by atoms with Crippen molar-refractivity contribution in [3.05, 3.63) is 59.7 Å². The van der Waals surface area contributed by atoms with Gasteiger partial charge in [0.25, 0.3) is 5.91 Å². The smallest absolute Gasteiger partial charge is 0.258 e. The summed E-state index contributed by atoms with van der Waals surface area (Å²) in [4.78, 5) is 12.0. The number of sulfonamides is 1. The van der Waals surface area contributed by atoms with Gasteiger partial charge >= 0.3 is 0 Å². The summed E-state index contributed by atoms with van der Waals surface area (Å²) in [7, 11) is -0.911. The maximum absolute atomic E-state index is 13.6. The van der Waals surface area contributed by atoms with Crippen LogP contribution >= 0.6 is 0 Å². The minimum absolute atomic E-state index is 0.0278. The van der Waals surface area contributed by atoms with E-state index in [4.69, 9.17) is 0 Å². The zero-order valence-corrected chi connectivity index (χ0v) is 13.2. The molecular weight excluding hydrogens is 326 g/mol. The first-order chi connectivity index (χ1) is 10.7. The van der Waals surface area contributed by atoms with Crippen LogP contribution in [0.25, 0.3) is 0 Å². The van der Waals surface area contributed by atoms with Gasteiger partial charge in [0.1, 0.15) is 11.6 Å². The van der Waals surface area contributed by atoms with Crippen LogP contribution in [-0.2, 0) is 10.0 Å². The Bertz CT molecular complexity index is 852. The fourth-order valence-electron chi connectivity index (χ4n) is 1.82. The predicted octanol–water partition coefficient (Wildman–Crippen LogP) is 2.47. The number of hydrogen-bond donors (Lipinski definition) is 1. The van der Waals surface area contributed by atoms with E-state index in [9.17, 15) is 22.0 Å². The Hall–Kier alpha value is -2.32. The average molecular weight is 340 g/mol. The number of amides is 1. The Morgan fingerprint density at radius 3 is 2.43 bits per heavy atom. The lowest BCUT2D eigenvalue weighted by Gasteiger charge is -2.13. The van der Waals surface area contributed by atoms with E-state index in [0.717, 1.165) is 22.5 Å². The molecule has 2 aromatic rings. The van der Waals surface area contributed by atoms with Crippen molar-refractivity contribution in [1.82, 2.24) is 4.31 Å². The second-order valence-electron chi connectivity index (χ2n) is 4.89. The van der Waals surface area contributed by atoms with Crippen molar-refractivity contribution in [3.63, 3.8) is 0 Å². The molecule has 0 radical (unpaired) electrons. The number of carbonyl (C=O) groups excluding carboxylic acids is 1. The second-order valence-corrected chi connectivity index (χ2v) is 7.05.